The zero-order chi connectivity index (χ0) is 16.2. The van der Waals surface area contributed by atoms with Gasteiger partial charge in [0.05, 0.1) is 0 Å². The molecule has 2 aromatic carbocycles. The lowest BCUT2D eigenvalue weighted by Gasteiger charge is -2.08. The maximum Gasteiger partial charge on any atom is 0.336 e. The molecule has 116 valence electrons. The van der Waals surface area contributed by atoms with E-state index in [9.17, 15) is 14.0 Å². The largest absolute Gasteiger partial charge is 0.484 e. The zero-order valence-corrected chi connectivity index (χ0v) is 11.9. The fourth-order valence-electron chi connectivity index (χ4n) is 2.02. The number of ether oxygens (including phenoxy) is 1. The van der Waals surface area contributed by atoms with Gasteiger partial charge in [-0.2, -0.15) is 0 Å². The Labute approximate surface area is 130 Å². The minimum atomic E-state index is -0.426. The number of hydrogen-bond acceptors (Lipinski definition) is 4. The van der Waals surface area contributed by atoms with E-state index in [0.717, 1.165) is 0 Å². The minimum Gasteiger partial charge on any atom is -0.484 e. The monoisotopic (exact) mass is 313 g/mol. The molecule has 0 saturated carbocycles. The number of anilines is 1. The maximum atomic E-state index is 12.8. The second-order valence-electron chi connectivity index (χ2n) is 4.80. The zero-order valence-electron chi connectivity index (χ0n) is 11.9. The van der Waals surface area contributed by atoms with Gasteiger partial charge in [-0.1, -0.05) is 0 Å². The molecule has 0 radical (unpaired) electrons. The van der Waals surface area contributed by atoms with Gasteiger partial charge in [-0.15, -0.1) is 0 Å². The predicted molar refractivity (Wildman–Crippen MR) is 83.0 cm³/mol. The second-order valence-corrected chi connectivity index (χ2v) is 4.80. The molecule has 0 bridgehead atoms. The van der Waals surface area contributed by atoms with E-state index in [2.05, 4.69) is 5.32 Å². The number of benzene rings is 2. The van der Waals surface area contributed by atoms with Gasteiger partial charge in [0.1, 0.15) is 17.1 Å². The summed E-state index contributed by atoms with van der Waals surface area (Å²) in [7, 11) is 0. The molecule has 0 spiro atoms. The molecule has 0 atom stereocenters. The molecular weight excluding hydrogens is 301 g/mol. The van der Waals surface area contributed by atoms with E-state index >= 15 is 0 Å². The number of fused-ring (bicyclic) bond motifs is 1. The average molecular weight is 313 g/mol. The molecule has 6 heteroatoms. The van der Waals surface area contributed by atoms with E-state index in [4.69, 9.17) is 9.15 Å². The number of carbonyl (C=O) groups is 1. The van der Waals surface area contributed by atoms with Crippen molar-refractivity contribution in [2.75, 3.05) is 11.9 Å². The summed E-state index contributed by atoms with van der Waals surface area (Å²) in [5, 5.41) is 3.29. The van der Waals surface area contributed by atoms with Crippen LogP contribution in [0.15, 0.2) is 63.8 Å². The van der Waals surface area contributed by atoms with Crippen LogP contribution >= 0.6 is 0 Å². The molecule has 0 saturated heterocycles. The normalized spacial score (nSPS) is 10.5. The van der Waals surface area contributed by atoms with Gasteiger partial charge in [-0.3, -0.25) is 4.79 Å². The van der Waals surface area contributed by atoms with Crippen LogP contribution in [0.2, 0.25) is 0 Å². The molecule has 3 rings (SSSR count). The Kier molecular flexibility index (Phi) is 4.05. The first-order valence-corrected chi connectivity index (χ1v) is 6.82. The highest BCUT2D eigenvalue weighted by Crippen LogP contribution is 2.19. The van der Waals surface area contributed by atoms with Crippen LogP contribution in [0.1, 0.15) is 0 Å². The summed E-state index contributed by atoms with van der Waals surface area (Å²) in [5.41, 5.74) is 0.505. The number of nitrogens with one attached hydrogen (secondary N) is 1. The van der Waals surface area contributed by atoms with Crippen LogP contribution in [0.5, 0.6) is 5.75 Å². The number of carbonyl (C=O) groups excluding carboxylic acids is 1. The molecule has 0 aliphatic carbocycles. The molecule has 1 heterocycles. The third-order valence-corrected chi connectivity index (χ3v) is 3.09. The van der Waals surface area contributed by atoms with Crippen molar-refractivity contribution in [3.05, 3.63) is 70.8 Å². The maximum absolute atomic E-state index is 12.8. The standard InChI is InChI=1S/C17H12FNO4/c18-12-2-4-13(5-3-12)19-16(20)10-22-14-6-7-15-11(9-14)1-8-17(21)23-15/h1-9H,10H2,(H,19,20). The van der Waals surface area contributed by atoms with E-state index in [1.165, 1.54) is 30.3 Å². The molecule has 1 N–H and O–H groups in total. The second kappa shape index (κ2) is 6.31. The van der Waals surface area contributed by atoms with E-state index in [1.54, 1.807) is 24.3 Å². The quantitative estimate of drug-likeness (QED) is 0.752. The van der Waals surface area contributed by atoms with Crippen LogP contribution in [0, 0.1) is 5.82 Å². The van der Waals surface area contributed by atoms with E-state index in [0.29, 0.717) is 22.4 Å². The number of rotatable bonds is 4. The summed E-state index contributed by atoms with van der Waals surface area (Å²) in [6, 6.07) is 13.3. The Balaban J connectivity index is 1.63. The summed E-state index contributed by atoms with van der Waals surface area (Å²) in [6.07, 6.45) is 0. The molecule has 5 nitrogen and oxygen atoms in total. The topological polar surface area (TPSA) is 68.5 Å². The Bertz CT molecular complexity index is 902. The summed E-state index contributed by atoms with van der Waals surface area (Å²) in [4.78, 5) is 22.9. The Morgan fingerprint density at radius 1 is 1.09 bits per heavy atom. The average Bonchev–Trinajstić information content (AvgIpc) is 2.55. The number of halogens is 1. The van der Waals surface area contributed by atoms with Crippen molar-refractivity contribution in [1.82, 2.24) is 0 Å². The SMILES string of the molecule is O=C(COc1ccc2oc(=O)ccc2c1)Nc1ccc(F)cc1. The van der Waals surface area contributed by atoms with Crippen LogP contribution in [0.25, 0.3) is 11.0 Å². The molecule has 0 unspecified atom stereocenters. The lowest BCUT2D eigenvalue weighted by atomic mass is 10.2. The summed E-state index contributed by atoms with van der Waals surface area (Å²) in [5.74, 6) is -0.265. The lowest BCUT2D eigenvalue weighted by Crippen LogP contribution is -2.20. The first-order chi connectivity index (χ1) is 11.1. The van der Waals surface area contributed by atoms with Gasteiger partial charge in [-0.25, -0.2) is 9.18 Å². The van der Waals surface area contributed by atoms with Crippen molar-refractivity contribution >= 4 is 22.6 Å². The molecule has 0 aliphatic rings. The van der Waals surface area contributed by atoms with E-state index < -0.39 is 5.63 Å². The van der Waals surface area contributed by atoms with Crippen molar-refractivity contribution in [3.63, 3.8) is 0 Å². The fraction of sp³-hybridized carbons (Fsp3) is 0.0588. The lowest BCUT2D eigenvalue weighted by molar-refractivity contribution is -0.118. The van der Waals surface area contributed by atoms with Gasteiger partial charge in [0, 0.05) is 17.1 Å². The van der Waals surface area contributed by atoms with E-state index in [-0.39, 0.29) is 18.3 Å². The van der Waals surface area contributed by atoms with E-state index in [1.807, 2.05) is 0 Å². The number of hydrogen-bond donors (Lipinski definition) is 1. The molecule has 23 heavy (non-hydrogen) atoms. The van der Waals surface area contributed by atoms with Crippen molar-refractivity contribution < 1.29 is 18.3 Å². The van der Waals surface area contributed by atoms with Crippen LogP contribution in [0.3, 0.4) is 0 Å². The Hall–Kier alpha value is -3.15. The minimum absolute atomic E-state index is 0.195. The Morgan fingerprint density at radius 2 is 1.87 bits per heavy atom. The van der Waals surface area contributed by atoms with Crippen molar-refractivity contribution in [3.8, 4) is 5.75 Å². The van der Waals surface area contributed by atoms with Gasteiger partial charge in [0.2, 0.25) is 0 Å². The van der Waals surface area contributed by atoms with Gasteiger partial charge in [0.25, 0.3) is 5.91 Å². The summed E-state index contributed by atoms with van der Waals surface area (Å²) >= 11 is 0. The molecule has 3 aromatic rings. The van der Waals surface area contributed by atoms with Crippen LogP contribution < -0.4 is 15.7 Å². The van der Waals surface area contributed by atoms with Crippen LogP contribution in [0.4, 0.5) is 10.1 Å². The highest BCUT2D eigenvalue weighted by atomic mass is 19.1. The van der Waals surface area contributed by atoms with Crippen LogP contribution in [-0.4, -0.2) is 12.5 Å². The molecule has 0 fully saturated rings. The first-order valence-electron chi connectivity index (χ1n) is 6.82. The van der Waals surface area contributed by atoms with Gasteiger partial charge >= 0.3 is 5.63 Å². The van der Waals surface area contributed by atoms with Gasteiger partial charge < -0.3 is 14.5 Å². The van der Waals surface area contributed by atoms with Crippen LogP contribution in [-0.2, 0) is 4.79 Å². The summed E-state index contributed by atoms with van der Waals surface area (Å²) in [6.45, 7) is -0.195. The van der Waals surface area contributed by atoms with Crippen molar-refractivity contribution in [1.29, 1.82) is 0 Å². The predicted octanol–water partition coefficient (Wildman–Crippen LogP) is 2.95. The molecular formula is C17H12FNO4. The number of amides is 1. The van der Waals surface area contributed by atoms with Gasteiger partial charge in [-0.05, 0) is 48.5 Å². The molecule has 0 aliphatic heterocycles. The third kappa shape index (κ3) is 3.74. The fourth-order valence-corrected chi connectivity index (χ4v) is 2.02. The molecule has 1 aromatic heterocycles. The van der Waals surface area contributed by atoms with Crippen molar-refractivity contribution in [2.45, 2.75) is 0 Å². The highest BCUT2D eigenvalue weighted by Gasteiger charge is 2.05. The molecule has 1 amide bonds. The smallest absolute Gasteiger partial charge is 0.336 e. The van der Waals surface area contributed by atoms with Gasteiger partial charge in [0.15, 0.2) is 6.61 Å². The first kappa shape index (κ1) is 14.8. The summed E-state index contributed by atoms with van der Waals surface area (Å²) < 4.78 is 23.2. The third-order valence-electron chi connectivity index (χ3n) is 3.09. The Morgan fingerprint density at radius 3 is 2.65 bits per heavy atom. The van der Waals surface area contributed by atoms with Crippen molar-refractivity contribution in [2.24, 2.45) is 0 Å². The highest BCUT2D eigenvalue weighted by molar-refractivity contribution is 5.91.